The summed E-state index contributed by atoms with van der Waals surface area (Å²) in [5.41, 5.74) is 5.48. The highest BCUT2D eigenvalue weighted by Crippen LogP contribution is 2.31. The van der Waals surface area contributed by atoms with Crippen molar-refractivity contribution in [1.29, 1.82) is 0 Å². The third-order valence-corrected chi connectivity index (χ3v) is 5.13. The molecule has 0 spiro atoms. The maximum atomic E-state index is 4.88. The maximum Gasteiger partial charge on any atom is 0.220 e. The Labute approximate surface area is 154 Å². The summed E-state index contributed by atoms with van der Waals surface area (Å²) in [6.07, 6.45) is 0. The number of para-hydroxylation sites is 4. The number of fused-ring (bicyclic) bond motifs is 5. The first-order valence-corrected chi connectivity index (χ1v) is 9.14. The van der Waals surface area contributed by atoms with E-state index in [9.17, 15) is 0 Å². The molecule has 0 unspecified atom stereocenters. The Morgan fingerprint density at radius 2 is 1.33 bits per heavy atom. The molecule has 5 heteroatoms. The average Bonchev–Trinajstić information content (AvgIpc) is 3.08. The van der Waals surface area contributed by atoms with Crippen LogP contribution in [-0.2, 0) is 0 Å². The highest BCUT2D eigenvalue weighted by Gasteiger charge is 2.16. The molecule has 3 aromatic carbocycles. The first-order valence-electron chi connectivity index (χ1n) is 7.55. The Kier molecular flexibility index (Phi) is 3.08. The lowest BCUT2D eigenvalue weighted by Crippen LogP contribution is -1.95. The summed E-state index contributed by atoms with van der Waals surface area (Å²) in [5, 5.41) is 0. The van der Waals surface area contributed by atoms with Crippen molar-refractivity contribution in [2.45, 2.75) is 0 Å². The van der Waals surface area contributed by atoms with Crippen LogP contribution in [0.25, 0.3) is 33.5 Å². The quantitative estimate of drug-likeness (QED) is 0.315. The van der Waals surface area contributed by atoms with E-state index in [1.165, 1.54) is 0 Å². The fourth-order valence-electron chi connectivity index (χ4n) is 3.27. The number of nitrogens with zero attached hydrogens (tertiary/aromatic N) is 3. The zero-order valence-electron chi connectivity index (χ0n) is 12.4. The van der Waals surface area contributed by atoms with Gasteiger partial charge in [-0.25, -0.2) is 4.98 Å². The summed E-state index contributed by atoms with van der Waals surface area (Å²) >= 11 is 7.18. The van der Waals surface area contributed by atoms with Gasteiger partial charge in [0.2, 0.25) is 5.78 Å². The molecule has 0 fully saturated rings. The van der Waals surface area contributed by atoms with Crippen molar-refractivity contribution in [3.8, 4) is 5.69 Å². The molecule has 0 saturated carbocycles. The number of hydrogen-bond donors (Lipinski definition) is 0. The van der Waals surface area contributed by atoms with Crippen LogP contribution in [0.3, 0.4) is 0 Å². The van der Waals surface area contributed by atoms with E-state index < -0.39 is 0 Å². The summed E-state index contributed by atoms with van der Waals surface area (Å²) in [6, 6.07) is 22.9. The summed E-state index contributed by atoms with van der Waals surface area (Å²) in [7, 11) is 0. The van der Waals surface area contributed by atoms with Crippen LogP contribution < -0.4 is 0 Å². The minimum Gasteiger partial charge on any atom is -0.278 e. The van der Waals surface area contributed by atoms with E-state index in [1.54, 1.807) is 0 Å². The van der Waals surface area contributed by atoms with Crippen LogP contribution in [0, 0.1) is 0 Å². The van der Waals surface area contributed by atoms with Gasteiger partial charge < -0.3 is 0 Å². The molecule has 0 aliphatic carbocycles. The second-order valence-corrected chi connectivity index (χ2v) is 7.52. The van der Waals surface area contributed by atoms with Crippen LogP contribution in [-0.4, -0.2) is 14.0 Å². The van der Waals surface area contributed by atoms with Gasteiger partial charge in [0, 0.05) is 8.95 Å². The molecule has 24 heavy (non-hydrogen) atoms. The average molecular weight is 441 g/mol. The topological polar surface area (TPSA) is 22.2 Å². The number of aromatic nitrogens is 3. The molecule has 116 valence electrons. The molecule has 0 amide bonds. The van der Waals surface area contributed by atoms with Crippen molar-refractivity contribution in [3.63, 3.8) is 0 Å². The lowest BCUT2D eigenvalue weighted by molar-refractivity contribution is 1.11. The smallest absolute Gasteiger partial charge is 0.220 e. The third kappa shape index (κ3) is 1.98. The van der Waals surface area contributed by atoms with Gasteiger partial charge in [-0.05, 0) is 42.5 Å². The fraction of sp³-hybridized carbons (Fsp3) is 0. The molecular formula is C19H11Br2N3. The largest absolute Gasteiger partial charge is 0.278 e. The second-order valence-electron chi connectivity index (χ2n) is 5.69. The van der Waals surface area contributed by atoms with Crippen molar-refractivity contribution < 1.29 is 0 Å². The molecule has 5 rings (SSSR count). The van der Waals surface area contributed by atoms with Crippen molar-refractivity contribution in [1.82, 2.24) is 14.0 Å². The number of benzene rings is 3. The molecule has 2 aromatic heterocycles. The van der Waals surface area contributed by atoms with E-state index in [0.717, 1.165) is 42.5 Å². The third-order valence-electron chi connectivity index (χ3n) is 4.21. The molecule has 0 radical (unpaired) electrons. The van der Waals surface area contributed by atoms with Gasteiger partial charge in [-0.15, -0.1) is 0 Å². The molecule has 0 aliphatic heterocycles. The molecule has 3 nitrogen and oxygen atoms in total. The molecule has 5 aromatic rings. The number of rotatable bonds is 1. The standard InChI is InChI=1S/C19H11Br2N3/c20-12-9-13(21)11-14(10-12)23-17-7-3-4-8-18(17)24-16-6-2-1-5-15(16)22-19(23)24/h1-11H. The van der Waals surface area contributed by atoms with Crippen molar-refractivity contribution >= 4 is 59.7 Å². The molecule has 0 atom stereocenters. The lowest BCUT2D eigenvalue weighted by atomic mass is 10.2. The van der Waals surface area contributed by atoms with Gasteiger partial charge in [-0.1, -0.05) is 56.1 Å². The second kappa shape index (κ2) is 5.19. The minimum atomic E-state index is 0.919. The Bertz CT molecular complexity index is 1210. The minimum absolute atomic E-state index is 0.919. The first kappa shape index (κ1) is 14.3. The van der Waals surface area contributed by atoms with Gasteiger partial charge in [-0.2, -0.15) is 0 Å². The monoisotopic (exact) mass is 439 g/mol. The van der Waals surface area contributed by atoms with Crippen molar-refractivity contribution in [2.75, 3.05) is 0 Å². The van der Waals surface area contributed by atoms with Crippen molar-refractivity contribution in [2.24, 2.45) is 0 Å². The summed E-state index contributed by atoms with van der Waals surface area (Å²) in [5.74, 6) is 0.919. The Morgan fingerprint density at radius 1 is 0.708 bits per heavy atom. The molecule has 2 heterocycles. The van der Waals surface area contributed by atoms with Gasteiger partial charge in [0.15, 0.2) is 0 Å². The van der Waals surface area contributed by atoms with E-state index in [0.29, 0.717) is 0 Å². The zero-order valence-corrected chi connectivity index (χ0v) is 15.6. The van der Waals surface area contributed by atoms with Crippen LogP contribution in [0.4, 0.5) is 0 Å². The van der Waals surface area contributed by atoms with Crippen LogP contribution >= 0.6 is 31.9 Å². The van der Waals surface area contributed by atoms with Crippen LogP contribution in [0.1, 0.15) is 0 Å². The summed E-state index contributed by atoms with van der Waals surface area (Å²) in [4.78, 5) is 4.88. The highest BCUT2D eigenvalue weighted by molar-refractivity contribution is 9.11. The van der Waals surface area contributed by atoms with Gasteiger partial charge >= 0.3 is 0 Å². The van der Waals surface area contributed by atoms with E-state index in [-0.39, 0.29) is 0 Å². The molecule has 0 aliphatic rings. The number of imidazole rings is 2. The maximum absolute atomic E-state index is 4.88. The first-order chi connectivity index (χ1) is 11.7. The molecule has 0 bridgehead atoms. The Hall–Kier alpha value is -2.11. The Balaban J connectivity index is 2.03. The molecular weight excluding hydrogens is 430 g/mol. The van der Waals surface area contributed by atoms with Crippen LogP contribution in [0.15, 0.2) is 75.7 Å². The highest BCUT2D eigenvalue weighted by atomic mass is 79.9. The number of hydrogen-bond acceptors (Lipinski definition) is 1. The predicted molar refractivity (Wildman–Crippen MR) is 105 cm³/mol. The van der Waals surface area contributed by atoms with Crippen LogP contribution in [0.5, 0.6) is 0 Å². The van der Waals surface area contributed by atoms with Crippen LogP contribution in [0.2, 0.25) is 0 Å². The molecule has 0 saturated heterocycles. The fourth-order valence-corrected chi connectivity index (χ4v) is 4.54. The predicted octanol–water partition coefficient (Wildman–Crippen LogP) is 5.96. The Morgan fingerprint density at radius 3 is 2.08 bits per heavy atom. The van der Waals surface area contributed by atoms with Crippen molar-refractivity contribution in [3.05, 3.63) is 75.7 Å². The summed E-state index contributed by atoms with van der Waals surface area (Å²) < 4.78 is 6.47. The normalized spacial score (nSPS) is 11.8. The van der Waals surface area contributed by atoms with Gasteiger partial charge in [0.1, 0.15) is 0 Å². The van der Waals surface area contributed by atoms with Gasteiger partial charge in [-0.3, -0.25) is 8.97 Å². The van der Waals surface area contributed by atoms with E-state index in [1.807, 2.05) is 12.1 Å². The molecule has 0 N–H and O–H groups in total. The summed E-state index contributed by atoms with van der Waals surface area (Å²) in [6.45, 7) is 0. The lowest BCUT2D eigenvalue weighted by Gasteiger charge is -2.06. The van der Waals surface area contributed by atoms with E-state index >= 15 is 0 Å². The zero-order chi connectivity index (χ0) is 16.3. The van der Waals surface area contributed by atoms with E-state index in [4.69, 9.17) is 4.98 Å². The number of halogens is 2. The van der Waals surface area contributed by atoms with Gasteiger partial charge in [0.05, 0.1) is 27.8 Å². The SMILES string of the molecule is Brc1cc(Br)cc(-n2c3ccccc3n3c4ccccc4nc23)c1. The van der Waals surface area contributed by atoms with E-state index in [2.05, 4.69) is 95.4 Å². The van der Waals surface area contributed by atoms with Gasteiger partial charge in [0.25, 0.3) is 0 Å².